The molecule has 2 unspecified atom stereocenters. The van der Waals surface area contributed by atoms with Gasteiger partial charge in [-0.25, -0.2) is 9.97 Å². The number of nitrogens with one attached hydrogen (secondary N) is 1. The van der Waals surface area contributed by atoms with Gasteiger partial charge < -0.3 is 25.0 Å². The van der Waals surface area contributed by atoms with Gasteiger partial charge in [0.25, 0.3) is 0 Å². The molecule has 3 aromatic carbocycles. The average molecular weight is 666 g/mol. The van der Waals surface area contributed by atoms with Gasteiger partial charge in [0.1, 0.15) is 6.33 Å². The van der Waals surface area contributed by atoms with Crippen molar-refractivity contribution in [2.75, 3.05) is 45.3 Å². The molecule has 0 bridgehead atoms. The fourth-order valence-electron chi connectivity index (χ4n) is 6.37. The quantitative estimate of drug-likeness (QED) is 0.186. The summed E-state index contributed by atoms with van der Waals surface area (Å²) in [6.07, 6.45) is -0.399. The van der Waals surface area contributed by atoms with Crippen LogP contribution in [0, 0.1) is 0 Å². The molecule has 10 nitrogen and oxygen atoms in total. The molecule has 2 saturated heterocycles. The molecule has 4 aromatic rings. The largest absolute Gasteiger partial charge is 0.493 e. The van der Waals surface area contributed by atoms with Crippen LogP contribution in [0.15, 0.2) is 67.0 Å². The van der Waals surface area contributed by atoms with E-state index in [1.807, 2.05) is 18.2 Å². The van der Waals surface area contributed by atoms with Crippen molar-refractivity contribution in [1.29, 1.82) is 0 Å². The summed E-state index contributed by atoms with van der Waals surface area (Å²) in [4.78, 5) is 26.1. The molecule has 254 valence electrons. The molecule has 0 saturated carbocycles. The van der Waals surface area contributed by atoms with Gasteiger partial charge in [0.2, 0.25) is 5.91 Å². The summed E-state index contributed by atoms with van der Waals surface area (Å²) in [5.74, 6) is 0.717. The molecule has 48 heavy (non-hydrogen) atoms. The predicted octanol–water partition coefficient (Wildman–Crippen LogP) is 4.73. The van der Waals surface area contributed by atoms with Crippen molar-refractivity contribution < 1.29 is 37.7 Å². The molecule has 2 aliphatic heterocycles. The van der Waals surface area contributed by atoms with E-state index in [1.54, 1.807) is 25.3 Å². The van der Waals surface area contributed by atoms with E-state index in [4.69, 9.17) is 9.47 Å². The maximum atomic E-state index is 12.8. The number of amides is 1. The van der Waals surface area contributed by atoms with Crippen LogP contribution in [0.2, 0.25) is 0 Å². The van der Waals surface area contributed by atoms with E-state index in [-0.39, 0.29) is 43.8 Å². The van der Waals surface area contributed by atoms with Crippen LogP contribution in [0.25, 0.3) is 22.2 Å². The summed E-state index contributed by atoms with van der Waals surface area (Å²) >= 11 is 0. The summed E-state index contributed by atoms with van der Waals surface area (Å²) in [6, 6.07) is 15.5. The molecule has 1 amide bonds. The Labute approximate surface area is 276 Å². The first-order valence-corrected chi connectivity index (χ1v) is 15.9. The van der Waals surface area contributed by atoms with Crippen LogP contribution in [0.3, 0.4) is 0 Å². The number of hydrogen-bond acceptors (Lipinski definition) is 9. The number of aromatic nitrogens is 2. The van der Waals surface area contributed by atoms with Crippen molar-refractivity contribution in [1.82, 2.24) is 19.8 Å². The van der Waals surface area contributed by atoms with Gasteiger partial charge in [0, 0.05) is 54.3 Å². The standard InChI is InChI=1S/C35H38F3N5O5/c1-47-30-18-29-28(17-31(30)48-15-12-33(42-13-10-26(42)19-44)43-14-11-27(43)20-45)34(40-21-39-29)23-4-8-25(9-5-23)41-32(46)16-22-2-6-24(7-3-22)35(36,37)38/h2-9,17-18,21,26-27,33,44-45H,10-16,19-20H2,1H3,(H,41,46). The summed E-state index contributed by atoms with van der Waals surface area (Å²) in [5.41, 5.74) is 2.34. The van der Waals surface area contributed by atoms with Crippen molar-refractivity contribution >= 4 is 22.5 Å². The summed E-state index contributed by atoms with van der Waals surface area (Å²) in [6.45, 7) is 2.39. The van der Waals surface area contributed by atoms with Gasteiger partial charge >= 0.3 is 6.18 Å². The zero-order valence-corrected chi connectivity index (χ0v) is 26.5. The highest BCUT2D eigenvalue weighted by atomic mass is 19.4. The number of alkyl halides is 3. The number of aliphatic hydroxyl groups excluding tert-OH is 2. The molecule has 6 rings (SSSR count). The molecule has 2 aliphatic rings. The highest BCUT2D eigenvalue weighted by molar-refractivity contribution is 5.95. The van der Waals surface area contributed by atoms with Crippen LogP contribution >= 0.6 is 0 Å². The Morgan fingerprint density at radius 1 is 0.958 bits per heavy atom. The van der Waals surface area contributed by atoms with Gasteiger partial charge in [-0.1, -0.05) is 24.3 Å². The second kappa shape index (κ2) is 14.4. The zero-order chi connectivity index (χ0) is 33.8. The first-order valence-electron chi connectivity index (χ1n) is 15.9. The van der Waals surface area contributed by atoms with Crippen LogP contribution in [0.4, 0.5) is 18.9 Å². The number of anilines is 1. The van der Waals surface area contributed by atoms with E-state index in [0.29, 0.717) is 47.0 Å². The highest BCUT2D eigenvalue weighted by Crippen LogP contribution is 2.37. The number of benzene rings is 3. The molecule has 2 fully saturated rings. The second-order valence-electron chi connectivity index (χ2n) is 12.1. The summed E-state index contributed by atoms with van der Waals surface area (Å²) in [5, 5.41) is 23.2. The fourth-order valence-corrected chi connectivity index (χ4v) is 6.37. The number of halogens is 3. The summed E-state index contributed by atoms with van der Waals surface area (Å²) < 4.78 is 50.5. The molecular weight excluding hydrogens is 627 g/mol. The number of hydrogen-bond donors (Lipinski definition) is 3. The van der Waals surface area contributed by atoms with E-state index < -0.39 is 11.7 Å². The lowest BCUT2D eigenvalue weighted by atomic mass is 9.96. The van der Waals surface area contributed by atoms with Crippen molar-refractivity contribution in [2.24, 2.45) is 0 Å². The van der Waals surface area contributed by atoms with Crippen LogP contribution in [-0.4, -0.2) is 94.2 Å². The molecule has 0 radical (unpaired) electrons. The van der Waals surface area contributed by atoms with Crippen LogP contribution in [0.5, 0.6) is 11.5 Å². The number of ether oxygens (including phenoxy) is 2. The fraction of sp³-hybridized carbons (Fsp3) is 0.400. The minimum Gasteiger partial charge on any atom is -0.493 e. The number of aliphatic hydroxyl groups is 2. The van der Waals surface area contributed by atoms with Crippen LogP contribution < -0.4 is 14.8 Å². The van der Waals surface area contributed by atoms with E-state index >= 15 is 0 Å². The first kappa shape index (κ1) is 33.6. The third kappa shape index (κ3) is 7.24. The number of carbonyl (C=O) groups excluding carboxylic acids is 1. The van der Waals surface area contributed by atoms with Gasteiger partial charge in [0.05, 0.1) is 56.3 Å². The number of rotatable bonds is 13. The molecule has 0 spiro atoms. The average Bonchev–Trinajstić information content (AvgIpc) is 3.03. The molecule has 3 N–H and O–H groups in total. The molecule has 13 heteroatoms. The third-order valence-corrected chi connectivity index (χ3v) is 9.21. The second-order valence-corrected chi connectivity index (χ2v) is 12.1. The predicted molar refractivity (Wildman–Crippen MR) is 174 cm³/mol. The molecule has 1 aromatic heterocycles. The van der Waals surface area contributed by atoms with Crippen LogP contribution in [-0.2, 0) is 17.4 Å². The number of methoxy groups -OCH3 is 1. The zero-order valence-electron chi connectivity index (χ0n) is 26.5. The Morgan fingerprint density at radius 2 is 1.62 bits per heavy atom. The molecular formula is C35H38F3N5O5. The van der Waals surface area contributed by atoms with E-state index in [2.05, 4.69) is 25.1 Å². The Hall–Kier alpha value is -4.30. The van der Waals surface area contributed by atoms with Crippen molar-refractivity contribution in [3.8, 4) is 22.8 Å². The van der Waals surface area contributed by atoms with Crippen molar-refractivity contribution in [2.45, 2.75) is 50.1 Å². The van der Waals surface area contributed by atoms with Crippen LogP contribution in [0.1, 0.15) is 30.4 Å². The smallest absolute Gasteiger partial charge is 0.416 e. The van der Waals surface area contributed by atoms with E-state index in [1.165, 1.54) is 18.5 Å². The minimum atomic E-state index is -4.43. The van der Waals surface area contributed by atoms with Gasteiger partial charge in [-0.2, -0.15) is 13.2 Å². The van der Waals surface area contributed by atoms with Gasteiger partial charge in [-0.3, -0.25) is 14.6 Å². The minimum absolute atomic E-state index is 0.0566. The number of carbonyl (C=O) groups is 1. The topological polar surface area (TPSA) is 120 Å². The Bertz CT molecular complexity index is 1700. The maximum Gasteiger partial charge on any atom is 0.416 e. The highest BCUT2D eigenvalue weighted by Gasteiger charge is 2.41. The number of likely N-dealkylation sites (tertiary alicyclic amines) is 2. The summed E-state index contributed by atoms with van der Waals surface area (Å²) in [7, 11) is 1.57. The van der Waals surface area contributed by atoms with Crippen molar-refractivity contribution in [3.05, 3.63) is 78.1 Å². The van der Waals surface area contributed by atoms with E-state index in [9.17, 15) is 28.2 Å². The molecule has 3 heterocycles. The molecule has 2 atom stereocenters. The molecule has 0 aliphatic carbocycles. The first-order chi connectivity index (χ1) is 23.2. The lowest BCUT2D eigenvalue weighted by Gasteiger charge is -2.54. The third-order valence-electron chi connectivity index (χ3n) is 9.21. The lowest BCUT2D eigenvalue weighted by molar-refractivity contribution is -0.137. The van der Waals surface area contributed by atoms with Gasteiger partial charge in [0.15, 0.2) is 11.5 Å². The maximum absolute atomic E-state index is 12.8. The van der Waals surface area contributed by atoms with Crippen molar-refractivity contribution in [3.63, 3.8) is 0 Å². The monoisotopic (exact) mass is 665 g/mol. The lowest BCUT2D eigenvalue weighted by Crippen LogP contribution is -2.66. The SMILES string of the molecule is COc1cc2ncnc(-c3ccc(NC(=O)Cc4ccc(C(F)(F)F)cc4)cc3)c2cc1OCCC(N1CCC1CO)N1CCC1CO. The number of fused-ring (bicyclic) bond motifs is 1. The Balaban J connectivity index is 1.14. The number of nitrogens with zero attached hydrogens (tertiary/aromatic N) is 4. The van der Waals surface area contributed by atoms with E-state index in [0.717, 1.165) is 49.0 Å². The Kier molecular flexibility index (Phi) is 10.1. The normalized spacial score (nSPS) is 19.0. The Morgan fingerprint density at radius 3 is 2.19 bits per heavy atom. The van der Waals surface area contributed by atoms with Gasteiger partial charge in [-0.15, -0.1) is 0 Å². The van der Waals surface area contributed by atoms with Gasteiger partial charge in [-0.05, 0) is 48.7 Å².